The summed E-state index contributed by atoms with van der Waals surface area (Å²) in [4.78, 5) is 22.4. The van der Waals surface area contributed by atoms with E-state index in [1.807, 2.05) is 15.7 Å². The van der Waals surface area contributed by atoms with E-state index in [4.69, 9.17) is 4.52 Å². The zero-order valence-electron chi connectivity index (χ0n) is 12.4. The highest BCUT2D eigenvalue weighted by Gasteiger charge is 2.27. The Labute approximate surface area is 132 Å². The molecule has 4 heterocycles. The number of hydrogen-bond donors (Lipinski definition) is 0. The largest absolute Gasteiger partial charge is 0.361 e. The fraction of sp³-hybridized carbons (Fsp3) is 0.250. The zero-order chi connectivity index (χ0) is 15.6. The van der Waals surface area contributed by atoms with Crippen LogP contribution in [0.5, 0.6) is 0 Å². The molecule has 7 nitrogen and oxygen atoms in total. The Morgan fingerprint density at radius 2 is 2.26 bits per heavy atom. The van der Waals surface area contributed by atoms with Crippen molar-refractivity contribution in [2.45, 2.75) is 19.5 Å². The minimum absolute atomic E-state index is 0.0152. The van der Waals surface area contributed by atoms with Gasteiger partial charge in [0, 0.05) is 43.3 Å². The number of hydrogen-bond acceptors (Lipinski definition) is 5. The van der Waals surface area contributed by atoms with Crippen LogP contribution in [-0.4, -0.2) is 37.0 Å². The van der Waals surface area contributed by atoms with Crippen LogP contribution in [0, 0.1) is 0 Å². The summed E-state index contributed by atoms with van der Waals surface area (Å²) in [7, 11) is 0. The molecule has 0 saturated heterocycles. The van der Waals surface area contributed by atoms with E-state index in [0.29, 0.717) is 31.6 Å². The molecule has 0 fully saturated rings. The molecule has 0 radical (unpaired) electrons. The Bertz CT molecular complexity index is 810. The third kappa shape index (κ3) is 2.61. The van der Waals surface area contributed by atoms with Crippen LogP contribution in [-0.2, 0) is 19.5 Å². The van der Waals surface area contributed by atoms with Crippen molar-refractivity contribution in [3.8, 4) is 0 Å². The summed E-state index contributed by atoms with van der Waals surface area (Å²) in [5.41, 5.74) is 2.45. The van der Waals surface area contributed by atoms with E-state index < -0.39 is 0 Å². The van der Waals surface area contributed by atoms with Crippen molar-refractivity contribution in [1.29, 1.82) is 0 Å². The molecule has 0 aliphatic carbocycles. The van der Waals surface area contributed by atoms with Crippen molar-refractivity contribution >= 4 is 5.91 Å². The molecule has 1 amide bonds. The molecule has 0 N–H and O–H groups in total. The van der Waals surface area contributed by atoms with Crippen molar-refractivity contribution in [3.63, 3.8) is 0 Å². The lowest BCUT2D eigenvalue weighted by atomic mass is 10.0. The standard InChI is InChI=1S/C16H15N5O2/c22-16(12-2-1-4-17-8-12)21-6-3-15-13(9-21)14(19-23-15)10-20-7-5-18-11-20/h1-2,4-5,7-8,11H,3,6,9-10H2. The first kappa shape index (κ1) is 13.7. The smallest absolute Gasteiger partial charge is 0.255 e. The summed E-state index contributed by atoms with van der Waals surface area (Å²) >= 11 is 0. The van der Waals surface area contributed by atoms with Crippen LogP contribution in [0.3, 0.4) is 0 Å². The second kappa shape index (κ2) is 5.68. The molecule has 7 heteroatoms. The lowest BCUT2D eigenvalue weighted by molar-refractivity contribution is 0.0728. The molecule has 0 bridgehead atoms. The van der Waals surface area contributed by atoms with Gasteiger partial charge in [-0.2, -0.15) is 0 Å². The first-order chi connectivity index (χ1) is 11.3. The molecule has 4 rings (SSSR count). The molecule has 3 aromatic rings. The van der Waals surface area contributed by atoms with E-state index in [2.05, 4.69) is 15.1 Å². The molecule has 0 unspecified atom stereocenters. The normalized spacial score (nSPS) is 13.8. The van der Waals surface area contributed by atoms with Gasteiger partial charge in [-0.25, -0.2) is 4.98 Å². The lowest BCUT2D eigenvalue weighted by Crippen LogP contribution is -2.36. The van der Waals surface area contributed by atoms with E-state index in [0.717, 1.165) is 17.0 Å². The van der Waals surface area contributed by atoms with Crippen LogP contribution in [0.2, 0.25) is 0 Å². The molecule has 1 aliphatic rings. The average Bonchev–Trinajstić information content (AvgIpc) is 3.25. The fourth-order valence-electron chi connectivity index (χ4n) is 2.79. The molecule has 23 heavy (non-hydrogen) atoms. The Kier molecular flexibility index (Phi) is 3.38. The minimum Gasteiger partial charge on any atom is -0.361 e. The van der Waals surface area contributed by atoms with Crippen LogP contribution < -0.4 is 0 Å². The van der Waals surface area contributed by atoms with Crippen LogP contribution in [0.4, 0.5) is 0 Å². The SMILES string of the molecule is O=C(c1cccnc1)N1CCc2onc(Cn3ccnc3)c2C1. The highest BCUT2D eigenvalue weighted by molar-refractivity contribution is 5.94. The summed E-state index contributed by atoms with van der Waals surface area (Å²) in [6.45, 7) is 1.73. The third-order valence-electron chi connectivity index (χ3n) is 4.00. The molecular weight excluding hydrogens is 294 g/mol. The third-order valence-corrected chi connectivity index (χ3v) is 4.00. The van der Waals surface area contributed by atoms with E-state index >= 15 is 0 Å². The Morgan fingerprint density at radius 3 is 3.04 bits per heavy atom. The highest BCUT2D eigenvalue weighted by atomic mass is 16.5. The summed E-state index contributed by atoms with van der Waals surface area (Å²) in [6, 6.07) is 3.55. The molecule has 0 spiro atoms. The number of fused-ring (bicyclic) bond motifs is 1. The molecule has 1 aliphatic heterocycles. The maximum absolute atomic E-state index is 12.6. The van der Waals surface area contributed by atoms with Gasteiger partial charge in [-0.1, -0.05) is 5.16 Å². The molecule has 0 atom stereocenters. The number of pyridine rings is 1. The first-order valence-electron chi connectivity index (χ1n) is 7.42. The fourth-order valence-corrected chi connectivity index (χ4v) is 2.79. The summed E-state index contributed by atoms with van der Waals surface area (Å²) in [5, 5.41) is 4.17. The number of carbonyl (C=O) groups excluding carboxylic acids is 1. The molecule has 0 saturated carbocycles. The minimum atomic E-state index is -0.0152. The maximum atomic E-state index is 12.6. The Hall–Kier alpha value is -2.96. The zero-order valence-corrected chi connectivity index (χ0v) is 12.4. The van der Waals surface area contributed by atoms with Gasteiger partial charge in [0.25, 0.3) is 5.91 Å². The molecular formula is C16H15N5O2. The predicted octanol–water partition coefficient (Wildman–Crippen LogP) is 1.51. The van der Waals surface area contributed by atoms with Crippen LogP contribution >= 0.6 is 0 Å². The van der Waals surface area contributed by atoms with Gasteiger partial charge in [-0.15, -0.1) is 0 Å². The number of rotatable bonds is 3. The number of carbonyl (C=O) groups is 1. The highest BCUT2D eigenvalue weighted by Crippen LogP contribution is 2.24. The van der Waals surface area contributed by atoms with Crippen LogP contribution in [0.15, 0.2) is 47.8 Å². The van der Waals surface area contributed by atoms with Crippen molar-refractivity contribution in [2.75, 3.05) is 6.54 Å². The van der Waals surface area contributed by atoms with E-state index in [1.54, 1.807) is 37.1 Å². The van der Waals surface area contributed by atoms with Gasteiger partial charge in [0.2, 0.25) is 0 Å². The summed E-state index contributed by atoms with van der Waals surface area (Å²) in [5.74, 6) is 0.855. The Morgan fingerprint density at radius 1 is 1.30 bits per heavy atom. The van der Waals surface area contributed by atoms with E-state index in [-0.39, 0.29) is 5.91 Å². The second-order valence-electron chi connectivity index (χ2n) is 5.48. The quantitative estimate of drug-likeness (QED) is 0.733. The predicted molar refractivity (Wildman–Crippen MR) is 80.5 cm³/mol. The Balaban J connectivity index is 1.56. The number of amides is 1. The van der Waals surface area contributed by atoms with E-state index in [1.165, 1.54) is 0 Å². The van der Waals surface area contributed by atoms with Gasteiger partial charge in [0.05, 0.1) is 25.0 Å². The first-order valence-corrected chi connectivity index (χ1v) is 7.42. The van der Waals surface area contributed by atoms with Crippen molar-refractivity contribution in [2.24, 2.45) is 0 Å². The second-order valence-corrected chi connectivity index (χ2v) is 5.48. The van der Waals surface area contributed by atoms with E-state index in [9.17, 15) is 4.79 Å². The molecule has 116 valence electrons. The van der Waals surface area contributed by atoms with Crippen LogP contribution in [0.1, 0.15) is 27.4 Å². The number of nitrogens with zero attached hydrogens (tertiary/aromatic N) is 5. The van der Waals surface area contributed by atoms with Crippen LogP contribution in [0.25, 0.3) is 0 Å². The maximum Gasteiger partial charge on any atom is 0.255 e. The van der Waals surface area contributed by atoms with Gasteiger partial charge >= 0.3 is 0 Å². The number of aromatic nitrogens is 4. The molecule has 0 aromatic carbocycles. The van der Waals surface area contributed by atoms with Crippen molar-refractivity contribution in [1.82, 2.24) is 24.6 Å². The van der Waals surface area contributed by atoms with Gasteiger partial charge in [0.1, 0.15) is 11.5 Å². The monoisotopic (exact) mass is 309 g/mol. The van der Waals surface area contributed by atoms with Crippen molar-refractivity contribution < 1.29 is 9.32 Å². The number of imidazole rings is 1. The average molecular weight is 309 g/mol. The molecule has 3 aromatic heterocycles. The summed E-state index contributed by atoms with van der Waals surface area (Å²) in [6.07, 6.45) is 9.28. The van der Waals surface area contributed by atoms with Gasteiger partial charge < -0.3 is 14.0 Å². The lowest BCUT2D eigenvalue weighted by Gasteiger charge is -2.26. The topological polar surface area (TPSA) is 77.0 Å². The summed E-state index contributed by atoms with van der Waals surface area (Å²) < 4.78 is 7.37. The van der Waals surface area contributed by atoms with Gasteiger partial charge in [-0.05, 0) is 12.1 Å². The van der Waals surface area contributed by atoms with Gasteiger partial charge in [-0.3, -0.25) is 9.78 Å². The van der Waals surface area contributed by atoms with Gasteiger partial charge in [0.15, 0.2) is 0 Å². The van der Waals surface area contributed by atoms with Crippen molar-refractivity contribution in [3.05, 3.63) is 65.8 Å².